The second-order valence-corrected chi connectivity index (χ2v) is 9.79. The van der Waals surface area contributed by atoms with Crippen LogP contribution in [0.3, 0.4) is 0 Å². The van der Waals surface area contributed by atoms with Crippen LogP contribution in [0.2, 0.25) is 0 Å². The van der Waals surface area contributed by atoms with Crippen molar-refractivity contribution in [2.75, 3.05) is 36.5 Å². The standard InChI is InChI=1S/C24H32F2N4O/c1-14-11-29-17(12-27(14)3)13-30(16-8-6-5-7-9-16)23-22(29)18-10-19(25)15(2)20(26)21(18)28(4)24(23)31/h10,14,16-17H,5-9,11-13H2,1-4H3. The van der Waals surface area contributed by atoms with Crippen molar-refractivity contribution in [3.05, 3.63) is 33.6 Å². The maximum atomic E-state index is 15.2. The highest BCUT2D eigenvalue weighted by Gasteiger charge is 2.42. The van der Waals surface area contributed by atoms with Gasteiger partial charge in [-0.2, -0.15) is 0 Å². The van der Waals surface area contributed by atoms with Gasteiger partial charge in [0.2, 0.25) is 0 Å². The Morgan fingerprint density at radius 2 is 1.61 bits per heavy atom. The van der Waals surface area contributed by atoms with Gasteiger partial charge in [-0.3, -0.25) is 9.69 Å². The first-order chi connectivity index (χ1) is 14.8. The molecule has 2 atom stereocenters. The second kappa shape index (κ2) is 7.47. The average Bonchev–Trinajstić information content (AvgIpc) is 2.76. The lowest BCUT2D eigenvalue weighted by Gasteiger charge is -2.53. The molecule has 2 aromatic rings. The van der Waals surface area contributed by atoms with Crippen LogP contribution in [0.15, 0.2) is 10.9 Å². The highest BCUT2D eigenvalue weighted by Crippen LogP contribution is 2.43. The van der Waals surface area contributed by atoms with Crippen LogP contribution in [0.5, 0.6) is 0 Å². The van der Waals surface area contributed by atoms with Crippen molar-refractivity contribution in [3.8, 4) is 0 Å². The zero-order chi connectivity index (χ0) is 22.0. The Bertz CT molecular complexity index is 1090. The summed E-state index contributed by atoms with van der Waals surface area (Å²) in [5, 5.41) is 0.514. The molecule has 5 rings (SSSR count). The number of fused-ring (bicyclic) bond motifs is 5. The van der Waals surface area contributed by atoms with Gasteiger partial charge in [0.25, 0.3) is 5.56 Å². The van der Waals surface area contributed by atoms with E-state index < -0.39 is 11.6 Å². The molecule has 168 valence electrons. The number of rotatable bonds is 1. The minimum atomic E-state index is -0.633. The minimum Gasteiger partial charge on any atom is -0.362 e. The van der Waals surface area contributed by atoms with Gasteiger partial charge in [-0.1, -0.05) is 19.3 Å². The van der Waals surface area contributed by atoms with E-state index in [0.29, 0.717) is 23.2 Å². The number of anilines is 2. The predicted molar refractivity (Wildman–Crippen MR) is 121 cm³/mol. The number of hydrogen-bond donors (Lipinski definition) is 0. The maximum Gasteiger partial charge on any atom is 0.276 e. The van der Waals surface area contributed by atoms with E-state index in [9.17, 15) is 9.18 Å². The average molecular weight is 431 g/mol. The van der Waals surface area contributed by atoms with Crippen LogP contribution >= 0.6 is 0 Å². The number of hydrogen-bond acceptors (Lipinski definition) is 4. The molecule has 0 radical (unpaired) electrons. The maximum absolute atomic E-state index is 15.2. The van der Waals surface area contributed by atoms with Crippen molar-refractivity contribution >= 4 is 22.3 Å². The highest BCUT2D eigenvalue weighted by molar-refractivity contribution is 6.00. The SMILES string of the molecule is Cc1c(F)cc2c3c(c(=O)n(C)c2c1F)N(C1CCCCC1)CC1CN(C)C(C)CN31. The van der Waals surface area contributed by atoms with Crippen molar-refractivity contribution < 1.29 is 8.78 Å². The number of piperazine rings is 1. The number of halogens is 2. The summed E-state index contributed by atoms with van der Waals surface area (Å²) in [5.74, 6) is -1.19. The molecule has 1 aliphatic carbocycles. The lowest BCUT2D eigenvalue weighted by Crippen LogP contribution is -2.64. The second-order valence-electron chi connectivity index (χ2n) is 9.79. The van der Waals surface area contributed by atoms with Crippen LogP contribution in [0.1, 0.15) is 44.6 Å². The molecule has 0 N–H and O–H groups in total. The molecular weight excluding hydrogens is 398 g/mol. The topological polar surface area (TPSA) is 31.7 Å². The fraction of sp³-hybridized carbons (Fsp3) is 0.625. The third-order valence-corrected chi connectivity index (χ3v) is 7.89. The number of nitrogens with zero attached hydrogens (tertiary/aromatic N) is 4. The van der Waals surface area contributed by atoms with E-state index >= 15 is 4.39 Å². The quantitative estimate of drug-likeness (QED) is 0.689. The zero-order valence-electron chi connectivity index (χ0n) is 18.9. The molecule has 3 aliphatic rings. The summed E-state index contributed by atoms with van der Waals surface area (Å²) < 4.78 is 31.4. The molecule has 1 aromatic carbocycles. The Morgan fingerprint density at radius 3 is 2.32 bits per heavy atom. The van der Waals surface area contributed by atoms with E-state index in [1.165, 1.54) is 24.0 Å². The largest absolute Gasteiger partial charge is 0.362 e. The summed E-state index contributed by atoms with van der Waals surface area (Å²) in [4.78, 5) is 20.6. The summed E-state index contributed by atoms with van der Waals surface area (Å²) in [6.45, 7) is 6.00. The summed E-state index contributed by atoms with van der Waals surface area (Å²) in [5.41, 5.74) is 1.36. The Labute approximate surface area is 182 Å². The molecule has 2 unspecified atom stereocenters. The predicted octanol–water partition coefficient (Wildman–Crippen LogP) is 3.79. The van der Waals surface area contributed by atoms with Gasteiger partial charge in [0.05, 0.1) is 17.2 Å². The fourth-order valence-corrected chi connectivity index (χ4v) is 5.91. The third-order valence-electron chi connectivity index (χ3n) is 7.89. The summed E-state index contributed by atoms with van der Waals surface area (Å²) in [7, 11) is 3.75. The van der Waals surface area contributed by atoms with Crippen molar-refractivity contribution in [1.29, 1.82) is 0 Å². The highest BCUT2D eigenvalue weighted by atomic mass is 19.1. The molecule has 1 saturated heterocycles. The van der Waals surface area contributed by atoms with Crippen molar-refractivity contribution in [3.63, 3.8) is 0 Å². The molecule has 0 amide bonds. The molecular formula is C24H32F2N4O. The molecule has 0 spiro atoms. The zero-order valence-corrected chi connectivity index (χ0v) is 18.9. The Balaban J connectivity index is 1.81. The Hall–Kier alpha value is -2.15. The van der Waals surface area contributed by atoms with E-state index in [1.807, 2.05) is 0 Å². The van der Waals surface area contributed by atoms with E-state index in [4.69, 9.17) is 0 Å². The fourth-order valence-electron chi connectivity index (χ4n) is 5.91. The molecule has 2 aliphatic heterocycles. The van der Waals surface area contributed by atoms with Crippen LogP contribution in [0.25, 0.3) is 10.9 Å². The van der Waals surface area contributed by atoms with Crippen LogP contribution in [0, 0.1) is 18.6 Å². The van der Waals surface area contributed by atoms with Gasteiger partial charge in [-0.05, 0) is 39.8 Å². The lowest BCUT2D eigenvalue weighted by molar-refractivity contribution is 0.195. The van der Waals surface area contributed by atoms with Crippen molar-refractivity contribution in [2.45, 2.75) is 64.1 Å². The van der Waals surface area contributed by atoms with E-state index in [2.05, 4.69) is 28.7 Å². The van der Waals surface area contributed by atoms with Gasteiger partial charge < -0.3 is 14.4 Å². The lowest BCUT2D eigenvalue weighted by atomic mass is 9.91. The molecule has 1 aromatic heterocycles. The van der Waals surface area contributed by atoms with Gasteiger partial charge in [0.1, 0.15) is 11.5 Å². The number of benzene rings is 1. The van der Waals surface area contributed by atoms with E-state index in [1.54, 1.807) is 7.05 Å². The number of aromatic nitrogens is 1. The van der Waals surface area contributed by atoms with E-state index in [-0.39, 0.29) is 22.7 Å². The van der Waals surface area contributed by atoms with Crippen LogP contribution in [0.4, 0.5) is 20.2 Å². The number of aryl methyl sites for hydroxylation is 1. The van der Waals surface area contributed by atoms with Gasteiger partial charge in [-0.25, -0.2) is 8.78 Å². The van der Waals surface area contributed by atoms with Gasteiger partial charge >= 0.3 is 0 Å². The molecule has 0 bridgehead atoms. The van der Waals surface area contributed by atoms with Gasteiger partial charge in [0, 0.05) is 49.7 Å². The summed E-state index contributed by atoms with van der Waals surface area (Å²) in [6.07, 6.45) is 5.70. The smallest absolute Gasteiger partial charge is 0.276 e. The van der Waals surface area contributed by atoms with Crippen molar-refractivity contribution in [1.82, 2.24) is 9.47 Å². The molecule has 2 fully saturated rings. The first-order valence-electron chi connectivity index (χ1n) is 11.5. The first kappa shape index (κ1) is 20.7. The molecule has 31 heavy (non-hydrogen) atoms. The van der Waals surface area contributed by atoms with Crippen molar-refractivity contribution in [2.24, 2.45) is 7.05 Å². The van der Waals surface area contributed by atoms with Gasteiger partial charge in [-0.15, -0.1) is 0 Å². The number of likely N-dealkylation sites (N-methyl/N-ethyl adjacent to an activating group) is 1. The number of pyridine rings is 1. The third kappa shape index (κ3) is 3.07. The van der Waals surface area contributed by atoms with Crippen LogP contribution in [-0.2, 0) is 7.05 Å². The minimum absolute atomic E-state index is 0.0364. The normalized spacial score (nSPS) is 25.1. The summed E-state index contributed by atoms with van der Waals surface area (Å²) in [6, 6.07) is 2.24. The molecule has 3 heterocycles. The van der Waals surface area contributed by atoms with Crippen LogP contribution in [-0.4, -0.2) is 54.3 Å². The Kier molecular flexibility index (Phi) is 5.00. The molecule has 7 heteroatoms. The molecule has 1 saturated carbocycles. The molecule has 5 nitrogen and oxygen atoms in total. The Morgan fingerprint density at radius 1 is 0.935 bits per heavy atom. The monoisotopic (exact) mass is 430 g/mol. The summed E-state index contributed by atoms with van der Waals surface area (Å²) >= 11 is 0. The van der Waals surface area contributed by atoms with Gasteiger partial charge in [0.15, 0.2) is 5.82 Å². The van der Waals surface area contributed by atoms with E-state index in [0.717, 1.165) is 51.0 Å². The first-order valence-corrected chi connectivity index (χ1v) is 11.5. The van der Waals surface area contributed by atoms with Crippen LogP contribution < -0.4 is 15.4 Å².